The van der Waals surface area contributed by atoms with Crippen molar-refractivity contribution in [1.82, 2.24) is 19.8 Å². The fourth-order valence-corrected chi connectivity index (χ4v) is 7.93. The van der Waals surface area contributed by atoms with Crippen LogP contribution in [0.3, 0.4) is 0 Å². The second-order valence-electron chi connectivity index (χ2n) is 15.3. The molecule has 10 heteroatoms. The smallest absolute Gasteiger partial charge is 0.250 e. The Morgan fingerprint density at radius 2 is 1.42 bits per heavy atom. The van der Waals surface area contributed by atoms with E-state index in [4.69, 9.17) is 10.5 Å². The van der Waals surface area contributed by atoms with E-state index in [1.807, 2.05) is 65.6 Å². The molecule has 2 aliphatic rings. The normalized spacial score (nSPS) is 15.9. The van der Waals surface area contributed by atoms with E-state index in [0.29, 0.717) is 24.9 Å². The van der Waals surface area contributed by atoms with Crippen molar-refractivity contribution in [3.8, 4) is 0 Å². The molecule has 284 valence electrons. The highest BCUT2D eigenvalue weighted by molar-refractivity contribution is 5.98. The number of fused-ring (bicyclic) bond motifs is 2. The third-order valence-electron chi connectivity index (χ3n) is 10.9. The van der Waals surface area contributed by atoms with Crippen LogP contribution in [0.15, 0.2) is 122 Å². The lowest BCUT2D eigenvalue weighted by atomic mass is 9.74. The first kappa shape index (κ1) is 37.7. The third kappa shape index (κ3) is 8.88. The molecule has 1 saturated heterocycles. The van der Waals surface area contributed by atoms with Gasteiger partial charge < -0.3 is 30.6 Å². The Morgan fingerprint density at radius 3 is 2.04 bits per heavy atom. The Hall–Kier alpha value is -5.58. The summed E-state index contributed by atoms with van der Waals surface area (Å²) >= 11 is 0. The van der Waals surface area contributed by atoms with Crippen molar-refractivity contribution in [2.24, 2.45) is 11.7 Å². The standard InChI is InChI=1S/C45H50N6O4/c1-45(2,46)44(54)48-38(29-55-28-31-13-5-3-6-14-31)42(52)49-39-27-51(30-47-39)41(35-17-7-4-8-18-35)43(53)50-25-23-34(24-26-50)40-36-19-11-9-15-32(36)21-22-33-16-10-12-20-37(33)40/h3-20,27,30,34,38,40-41H,21-26,28-29,46H2,1-2H3,(H,48,54)(H,49,52)/t38-,41?/m1/s1. The number of ether oxygens (including phenoxy) is 1. The summed E-state index contributed by atoms with van der Waals surface area (Å²) in [7, 11) is 0. The largest absolute Gasteiger partial charge is 0.374 e. The van der Waals surface area contributed by atoms with Crippen molar-refractivity contribution in [3.05, 3.63) is 155 Å². The van der Waals surface area contributed by atoms with Crippen LogP contribution in [-0.2, 0) is 38.6 Å². The predicted octanol–water partition coefficient (Wildman–Crippen LogP) is 6.02. The molecule has 0 bridgehead atoms. The van der Waals surface area contributed by atoms with Crippen molar-refractivity contribution in [2.75, 3.05) is 25.0 Å². The summed E-state index contributed by atoms with van der Waals surface area (Å²) in [5.74, 6) is -0.0758. The molecule has 2 atom stereocenters. The van der Waals surface area contributed by atoms with Gasteiger partial charge in [-0.1, -0.05) is 109 Å². The number of nitrogens with zero attached hydrogens (tertiary/aromatic N) is 3. The van der Waals surface area contributed by atoms with E-state index in [9.17, 15) is 14.4 Å². The Bertz CT molecular complexity index is 2040. The summed E-state index contributed by atoms with van der Waals surface area (Å²) in [5, 5.41) is 5.55. The minimum absolute atomic E-state index is 0.0220. The monoisotopic (exact) mass is 738 g/mol. The van der Waals surface area contributed by atoms with Gasteiger partial charge in [0.15, 0.2) is 5.82 Å². The number of amides is 3. The highest BCUT2D eigenvalue weighted by Gasteiger charge is 2.36. The summed E-state index contributed by atoms with van der Waals surface area (Å²) in [6, 6.07) is 35.2. The average molecular weight is 739 g/mol. The van der Waals surface area contributed by atoms with E-state index in [-0.39, 0.29) is 24.9 Å². The second kappa shape index (κ2) is 16.8. The van der Waals surface area contributed by atoms with E-state index >= 15 is 0 Å². The Kier molecular flexibility index (Phi) is 11.5. The quantitative estimate of drug-likeness (QED) is 0.144. The maximum absolute atomic E-state index is 14.5. The SMILES string of the molecule is CC(C)(N)C(=O)N[C@H](COCc1ccccc1)C(=O)Nc1cn(C(C(=O)N2CCC(C3c4ccccc4CCc4ccccc43)CC2)c2ccccc2)cn1. The molecule has 0 saturated carbocycles. The van der Waals surface area contributed by atoms with Crippen LogP contribution in [0.5, 0.6) is 0 Å². The lowest BCUT2D eigenvalue weighted by molar-refractivity contribution is -0.135. The van der Waals surface area contributed by atoms with Gasteiger partial charge in [0.2, 0.25) is 11.8 Å². The van der Waals surface area contributed by atoms with Crippen LogP contribution in [0.2, 0.25) is 0 Å². The Labute approximate surface area is 323 Å². The molecule has 1 fully saturated rings. The van der Waals surface area contributed by atoms with Gasteiger partial charge in [0.1, 0.15) is 12.1 Å². The molecule has 4 aromatic carbocycles. The first-order valence-corrected chi connectivity index (χ1v) is 19.2. The Morgan fingerprint density at radius 1 is 0.836 bits per heavy atom. The molecule has 0 spiro atoms. The van der Waals surface area contributed by atoms with Gasteiger partial charge in [0.05, 0.1) is 25.1 Å². The molecule has 7 rings (SSSR count). The van der Waals surface area contributed by atoms with E-state index in [2.05, 4.69) is 64.1 Å². The van der Waals surface area contributed by atoms with E-state index < -0.39 is 29.4 Å². The molecule has 0 radical (unpaired) electrons. The van der Waals surface area contributed by atoms with Crippen molar-refractivity contribution in [3.63, 3.8) is 0 Å². The minimum Gasteiger partial charge on any atom is -0.374 e. The van der Waals surface area contributed by atoms with Crippen LogP contribution in [0.1, 0.15) is 72.0 Å². The number of carbonyl (C=O) groups excluding carboxylic acids is 3. The van der Waals surface area contributed by atoms with Gasteiger partial charge in [-0.15, -0.1) is 0 Å². The summed E-state index contributed by atoms with van der Waals surface area (Å²) in [4.78, 5) is 47.4. The van der Waals surface area contributed by atoms with Gasteiger partial charge in [-0.2, -0.15) is 0 Å². The number of rotatable bonds is 12. The maximum Gasteiger partial charge on any atom is 0.250 e. The lowest BCUT2D eigenvalue weighted by Gasteiger charge is -2.38. The highest BCUT2D eigenvalue weighted by atomic mass is 16.5. The number of likely N-dealkylation sites (tertiary alicyclic amines) is 1. The Balaban J connectivity index is 1.06. The first-order chi connectivity index (χ1) is 26.7. The zero-order valence-corrected chi connectivity index (χ0v) is 31.6. The highest BCUT2D eigenvalue weighted by Crippen LogP contribution is 2.43. The van der Waals surface area contributed by atoms with Crippen molar-refractivity contribution in [1.29, 1.82) is 0 Å². The van der Waals surface area contributed by atoms with Gasteiger partial charge in [-0.25, -0.2) is 4.98 Å². The molecular formula is C45H50N6O4. The van der Waals surface area contributed by atoms with Crippen LogP contribution in [0.4, 0.5) is 5.82 Å². The molecule has 5 aromatic rings. The molecule has 55 heavy (non-hydrogen) atoms. The summed E-state index contributed by atoms with van der Waals surface area (Å²) in [6.45, 7) is 4.62. The van der Waals surface area contributed by atoms with Crippen LogP contribution >= 0.6 is 0 Å². The van der Waals surface area contributed by atoms with Gasteiger partial charge in [0.25, 0.3) is 5.91 Å². The average Bonchev–Trinajstić information content (AvgIpc) is 3.58. The number of imidazole rings is 1. The number of nitrogens with one attached hydrogen (secondary N) is 2. The van der Waals surface area contributed by atoms with Crippen molar-refractivity contribution in [2.45, 2.75) is 69.7 Å². The fourth-order valence-electron chi connectivity index (χ4n) is 7.93. The molecule has 1 aliphatic heterocycles. The molecule has 3 amide bonds. The molecule has 1 aromatic heterocycles. The number of aryl methyl sites for hydroxylation is 2. The number of anilines is 1. The van der Waals surface area contributed by atoms with E-state index in [1.165, 1.54) is 22.3 Å². The molecular weight excluding hydrogens is 689 g/mol. The molecule has 1 aliphatic carbocycles. The zero-order chi connectivity index (χ0) is 38.4. The summed E-state index contributed by atoms with van der Waals surface area (Å²) in [6.07, 6.45) is 7.10. The zero-order valence-electron chi connectivity index (χ0n) is 31.6. The third-order valence-corrected chi connectivity index (χ3v) is 10.9. The van der Waals surface area contributed by atoms with E-state index in [0.717, 1.165) is 36.8 Å². The topological polar surface area (TPSA) is 132 Å². The number of aromatic nitrogens is 2. The van der Waals surface area contributed by atoms with E-state index in [1.54, 1.807) is 30.9 Å². The number of piperidine rings is 1. The van der Waals surface area contributed by atoms with Crippen molar-refractivity contribution >= 4 is 23.5 Å². The lowest BCUT2D eigenvalue weighted by Crippen LogP contribution is -2.56. The van der Waals surface area contributed by atoms with Crippen molar-refractivity contribution < 1.29 is 19.1 Å². The first-order valence-electron chi connectivity index (χ1n) is 19.2. The van der Waals surface area contributed by atoms with Gasteiger partial charge >= 0.3 is 0 Å². The summed E-state index contributed by atoms with van der Waals surface area (Å²) in [5.41, 5.74) is 12.3. The van der Waals surface area contributed by atoms with Crippen LogP contribution in [0.25, 0.3) is 0 Å². The fraction of sp³-hybridized carbons (Fsp3) is 0.333. The second-order valence-corrected chi connectivity index (χ2v) is 15.3. The molecule has 1 unspecified atom stereocenters. The molecule has 2 heterocycles. The number of hydrogen-bond acceptors (Lipinski definition) is 6. The summed E-state index contributed by atoms with van der Waals surface area (Å²) < 4.78 is 7.60. The number of hydrogen-bond donors (Lipinski definition) is 3. The van der Waals surface area contributed by atoms with Gasteiger partial charge in [-0.05, 0) is 78.8 Å². The van der Waals surface area contributed by atoms with Crippen LogP contribution < -0.4 is 16.4 Å². The van der Waals surface area contributed by atoms with Crippen LogP contribution in [0, 0.1) is 5.92 Å². The van der Waals surface area contributed by atoms with Gasteiger partial charge in [-0.3, -0.25) is 14.4 Å². The maximum atomic E-state index is 14.5. The van der Waals surface area contributed by atoms with Gasteiger partial charge in [0, 0.05) is 25.2 Å². The molecule has 10 nitrogen and oxygen atoms in total. The minimum atomic E-state index is -1.21. The molecule has 4 N–H and O–H groups in total. The van der Waals surface area contributed by atoms with Crippen LogP contribution in [-0.4, -0.2) is 63.4 Å². The number of nitrogens with two attached hydrogens (primary N) is 1. The number of carbonyl (C=O) groups is 3. The number of benzene rings is 4. The predicted molar refractivity (Wildman–Crippen MR) is 213 cm³/mol.